The average Bonchev–Trinajstić information content (AvgIpc) is 2.16. The van der Waals surface area contributed by atoms with Crippen molar-refractivity contribution < 1.29 is 14.3 Å². The zero-order valence-electron chi connectivity index (χ0n) is 8.85. The van der Waals surface area contributed by atoms with E-state index in [1.165, 1.54) is 7.11 Å². The first-order valence-corrected chi connectivity index (χ1v) is 4.45. The number of rotatable bonds is 6. The first-order chi connectivity index (χ1) is 6.10. The van der Waals surface area contributed by atoms with Gasteiger partial charge in [0.1, 0.15) is 5.54 Å². The predicted octanol–water partition coefficient (Wildman–Crippen LogP) is 0.564. The summed E-state index contributed by atoms with van der Waals surface area (Å²) in [6.07, 6.45) is 0.945. The van der Waals surface area contributed by atoms with Gasteiger partial charge in [-0.05, 0) is 20.4 Å². The third-order valence-electron chi connectivity index (χ3n) is 1.93. The molecule has 78 valence electrons. The maximum absolute atomic E-state index is 11.3. The van der Waals surface area contributed by atoms with Gasteiger partial charge in [-0.2, -0.15) is 0 Å². The topological polar surface area (TPSA) is 47.6 Å². The summed E-state index contributed by atoms with van der Waals surface area (Å²) in [7, 11) is 3.09. The van der Waals surface area contributed by atoms with E-state index < -0.39 is 5.54 Å². The van der Waals surface area contributed by atoms with Crippen molar-refractivity contribution in [3.63, 3.8) is 0 Å². The first-order valence-electron chi connectivity index (χ1n) is 4.45. The number of ether oxygens (including phenoxy) is 2. The van der Waals surface area contributed by atoms with E-state index in [9.17, 15) is 4.79 Å². The van der Waals surface area contributed by atoms with Gasteiger partial charge in [0.25, 0.3) is 0 Å². The summed E-state index contributed by atoms with van der Waals surface area (Å²) in [4.78, 5) is 11.3. The van der Waals surface area contributed by atoms with E-state index >= 15 is 0 Å². The van der Waals surface area contributed by atoms with Crippen molar-refractivity contribution in [1.29, 1.82) is 0 Å². The smallest absolute Gasteiger partial charge is 0.328 e. The molecule has 0 fully saturated rings. The molecule has 0 aliphatic heterocycles. The number of esters is 1. The molecule has 0 aliphatic carbocycles. The Morgan fingerprint density at radius 3 is 2.54 bits per heavy atom. The Bertz CT molecular complexity index is 161. The van der Waals surface area contributed by atoms with Gasteiger partial charge in [-0.1, -0.05) is 6.92 Å². The van der Waals surface area contributed by atoms with Gasteiger partial charge in [-0.3, -0.25) is 0 Å². The summed E-state index contributed by atoms with van der Waals surface area (Å²) in [6, 6.07) is 0. The fourth-order valence-electron chi connectivity index (χ4n) is 0.879. The molecule has 0 radical (unpaired) electrons. The fourth-order valence-corrected chi connectivity index (χ4v) is 0.879. The second-order valence-electron chi connectivity index (χ2n) is 3.13. The number of likely N-dealkylation sites (N-methyl/N-ethyl adjacent to an activating group) is 1. The van der Waals surface area contributed by atoms with Crippen molar-refractivity contribution >= 4 is 5.97 Å². The van der Waals surface area contributed by atoms with E-state index in [1.807, 2.05) is 6.92 Å². The van der Waals surface area contributed by atoms with Crippen LogP contribution in [0.25, 0.3) is 0 Å². The number of carbonyl (C=O) groups is 1. The van der Waals surface area contributed by atoms with Crippen LogP contribution in [0.3, 0.4) is 0 Å². The van der Waals surface area contributed by atoms with Crippen molar-refractivity contribution in [3.8, 4) is 0 Å². The second kappa shape index (κ2) is 5.94. The van der Waals surface area contributed by atoms with Crippen LogP contribution in [-0.4, -0.2) is 38.9 Å². The summed E-state index contributed by atoms with van der Waals surface area (Å²) < 4.78 is 9.95. The second-order valence-corrected chi connectivity index (χ2v) is 3.13. The van der Waals surface area contributed by atoms with E-state index in [0.29, 0.717) is 13.2 Å². The molecule has 1 unspecified atom stereocenters. The number of nitrogens with one attached hydrogen (secondary N) is 1. The zero-order valence-corrected chi connectivity index (χ0v) is 8.85. The quantitative estimate of drug-likeness (QED) is 0.490. The third-order valence-corrected chi connectivity index (χ3v) is 1.93. The van der Waals surface area contributed by atoms with Crippen LogP contribution in [0.1, 0.15) is 20.3 Å². The molecule has 1 N–H and O–H groups in total. The summed E-state index contributed by atoms with van der Waals surface area (Å²) in [5.41, 5.74) is -0.732. The molecule has 0 saturated carbocycles. The molecule has 0 amide bonds. The van der Waals surface area contributed by atoms with Crippen molar-refractivity contribution in [2.24, 2.45) is 0 Å². The maximum Gasteiger partial charge on any atom is 0.328 e. The lowest BCUT2D eigenvalue weighted by Crippen LogP contribution is -2.52. The largest absolute Gasteiger partial charge is 0.468 e. The molecule has 0 saturated heterocycles. The summed E-state index contributed by atoms with van der Waals surface area (Å²) >= 11 is 0. The van der Waals surface area contributed by atoms with Crippen LogP contribution in [0, 0.1) is 0 Å². The SMILES string of the molecule is CCCOCC(C)(NC)C(=O)OC. The molecular weight excluding hydrogens is 170 g/mol. The predicted molar refractivity (Wildman–Crippen MR) is 50.6 cm³/mol. The highest BCUT2D eigenvalue weighted by molar-refractivity contribution is 5.80. The Morgan fingerprint density at radius 1 is 1.54 bits per heavy atom. The Hall–Kier alpha value is -0.610. The molecule has 4 nitrogen and oxygen atoms in total. The Balaban J connectivity index is 4.03. The molecule has 0 aromatic carbocycles. The van der Waals surface area contributed by atoms with Crippen LogP contribution in [0.4, 0.5) is 0 Å². The molecule has 0 rings (SSSR count). The first kappa shape index (κ1) is 12.4. The van der Waals surface area contributed by atoms with Crippen molar-refractivity contribution in [2.45, 2.75) is 25.8 Å². The molecule has 0 aromatic rings. The molecular formula is C9H19NO3. The van der Waals surface area contributed by atoms with Gasteiger partial charge in [0.2, 0.25) is 0 Å². The highest BCUT2D eigenvalue weighted by Gasteiger charge is 2.32. The van der Waals surface area contributed by atoms with Crippen LogP contribution in [0.5, 0.6) is 0 Å². The van der Waals surface area contributed by atoms with Gasteiger partial charge in [-0.15, -0.1) is 0 Å². The molecule has 0 bridgehead atoms. The van der Waals surface area contributed by atoms with Crippen LogP contribution in [0.2, 0.25) is 0 Å². The van der Waals surface area contributed by atoms with Gasteiger partial charge >= 0.3 is 5.97 Å². The minimum Gasteiger partial charge on any atom is -0.468 e. The molecule has 13 heavy (non-hydrogen) atoms. The highest BCUT2D eigenvalue weighted by atomic mass is 16.5. The van der Waals surface area contributed by atoms with E-state index in [1.54, 1.807) is 14.0 Å². The fraction of sp³-hybridized carbons (Fsp3) is 0.889. The molecule has 0 spiro atoms. The summed E-state index contributed by atoms with van der Waals surface area (Å²) in [5, 5.41) is 2.89. The van der Waals surface area contributed by atoms with Crippen LogP contribution in [-0.2, 0) is 14.3 Å². The lowest BCUT2D eigenvalue weighted by molar-refractivity contribution is -0.150. The van der Waals surface area contributed by atoms with Crippen molar-refractivity contribution in [2.75, 3.05) is 27.4 Å². The Morgan fingerprint density at radius 2 is 2.15 bits per heavy atom. The molecule has 0 aliphatic rings. The molecule has 0 heterocycles. The summed E-state index contributed by atoms with van der Waals surface area (Å²) in [6.45, 7) is 4.78. The number of methoxy groups -OCH3 is 1. The molecule has 1 atom stereocenters. The van der Waals surface area contributed by atoms with E-state index in [-0.39, 0.29) is 5.97 Å². The standard InChI is InChI=1S/C9H19NO3/c1-5-6-13-7-9(2,10-3)8(11)12-4/h10H,5-7H2,1-4H3. The number of carbonyl (C=O) groups excluding carboxylic acids is 1. The number of hydrogen-bond acceptors (Lipinski definition) is 4. The van der Waals surface area contributed by atoms with E-state index in [2.05, 4.69) is 10.1 Å². The zero-order chi connectivity index (χ0) is 10.3. The lowest BCUT2D eigenvalue weighted by atomic mass is 10.1. The normalized spacial score (nSPS) is 15.1. The maximum atomic E-state index is 11.3. The minimum atomic E-state index is -0.732. The van der Waals surface area contributed by atoms with Gasteiger partial charge in [0.05, 0.1) is 13.7 Å². The van der Waals surface area contributed by atoms with Crippen molar-refractivity contribution in [3.05, 3.63) is 0 Å². The van der Waals surface area contributed by atoms with Gasteiger partial charge in [0, 0.05) is 6.61 Å². The lowest BCUT2D eigenvalue weighted by Gasteiger charge is -2.25. The van der Waals surface area contributed by atoms with Gasteiger partial charge in [-0.25, -0.2) is 4.79 Å². The monoisotopic (exact) mass is 189 g/mol. The van der Waals surface area contributed by atoms with Gasteiger partial charge < -0.3 is 14.8 Å². The number of hydrogen-bond donors (Lipinski definition) is 1. The minimum absolute atomic E-state index is 0.300. The average molecular weight is 189 g/mol. The summed E-state index contributed by atoms with van der Waals surface area (Å²) in [5.74, 6) is -0.300. The van der Waals surface area contributed by atoms with Crippen molar-refractivity contribution in [1.82, 2.24) is 5.32 Å². The van der Waals surface area contributed by atoms with Crippen LogP contribution >= 0.6 is 0 Å². The molecule has 0 aromatic heterocycles. The Labute approximate surface area is 79.6 Å². The third kappa shape index (κ3) is 3.74. The van der Waals surface area contributed by atoms with E-state index in [0.717, 1.165) is 6.42 Å². The highest BCUT2D eigenvalue weighted by Crippen LogP contribution is 2.06. The van der Waals surface area contributed by atoms with Crippen LogP contribution < -0.4 is 5.32 Å². The van der Waals surface area contributed by atoms with Crippen LogP contribution in [0.15, 0.2) is 0 Å². The molecule has 4 heteroatoms. The Kier molecular flexibility index (Phi) is 5.66. The van der Waals surface area contributed by atoms with Gasteiger partial charge in [0.15, 0.2) is 0 Å². The van der Waals surface area contributed by atoms with E-state index in [4.69, 9.17) is 4.74 Å².